The van der Waals surface area contributed by atoms with Crippen LogP contribution >= 0.6 is 0 Å². The fourth-order valence-corrected chi connectivity index (χ4v) is 2.68. The van der Waals surface area contributed by atoms with Crippen molar-refractivity contribution in [2.45, 2.75) is 46.5 Å². The first-order chi connectivity index (χ1) is 11.0. The fourth-order valence-electron chi connectivity index (χ4n) is 2.68. The van der Waals surface area contributed by atoms with Crippen molar-refractivity contribution in [3.05, 3.63) is 35.2 Å². The average molecular weight is 332 g/mol. The lowest BCUT2D eigenvalue weighted by atomic mass is 9.82. The van der Waals surface area contributed by atoms with Gasteiger partial charge in [0.25, 0.3) is 0 Å². The second-order valence-electron chi connectivity index (χ2n) is 5.56. The summed E-state index contributed by atoms with van der Waals surface area (Å²) in [7, 11) is 1.17. The van der Waals surface area contributed by atoms with Crippen molar-refractivity contribution in [1.82, 2.24) is 0 Å². The highest BCUT2D eigenvalue weighted by atomic mass is 19.2. The van der Waals surface area contributed by atoms with Gasteiger partial charge >= 0.3 is 0 Å². The summed E-state index contributed by atoms with van der Waals surface area (Å²) in [6.45, 7) is 6.06. The zero-order valence-corrected chi connectivity index (χ0v) is 14.1. The lowest BCUT2D eigenvalue weighted by Crippen LogP contribution is -2.13. The standard InChI is InChI=1S/C16H18F4O.C2H6/c1-9-3-5-10(6-4-9)13(17)14(18)11-7-8-12(21-2)16(20)15(11)19;1-2/h7-10H,3-6H2,1-2H3;1-2H3/b14-13+;. The molecule has 130 valence electrons. The van der Waals surface area contributed by atoms with Gasteiger partial charge in [0.1, 0.15) is 5.83 Å². The van der Waals surface area contributed by atoms with Crippen LogP contribution < -0.4 is 4.74 Å². The highest BCUT2D eigenvalue weighted by molar-refractivity contribution is 5.63. The molecule has 0 radical (unpaired) electrons. The molecular formula is C18H24F4O. The van der Waals surface area contributed by atoms with Gasteiger partial charge in [-0.15, -0.1) is 0 Å². The van der Waals surface area contributed by atoms with Crippen molar-refractivity contribution in [3.63, 3.8) is 0 Å². The maximum absolute atomic E-state index is 14.2. The van der Waals surface area contributed by atoms with E-state index < -0.39 is 34.8 Å². The number of hydrogen-bond donors (Lipinski definition) is 0. The molecule has 1 fully saturated rings. The monoisotopic (exact) mass is 332 g/mol. The van der Waals surface area contributed by atoms with Gasteiger partial charge in [-0.1, -0.05) is 33.6 Å². The molecule has 1 saturated carbocycles. The van der Waals surface area contributed by atoms with Crippen molar-refractivity contribution in [3.8, 4) is 5.75 Å². The van der Waals surface area contributed by atoms with Crippen molar-refractivity contribution >= 4 is 5.83 Å². The molecule has 0 unspecified atom stereocenters. The normalized spacial score (nSPS) is 21.9. The Morgan fingerprint density at radius 3 is 2.09 bits per heavy atom. The topological polar surface area (TPSA) is 9.23 Å². The minimum atomic E-state index is -1.42. The first kappa shape index (κ1) is 19.5. The molecule has 0 bridgehead atoms. The van der Waals surface area contributed by atoms with E-state index in [2.05, 4.69) is 11.7 Å². The summed E-state index contributed by atoms with van der Waals surface area (Å²) in [6, 6.07) is 2.08. The second-order valence-corrected chi connectivity index (χ2v) is 5.56. The van der Waals surface area contributed by atoms with E-state index in [9.17, 15) is 17.6 Å². The summed E-state index contributed by atoms with van der Waals surface area (Å²) in [5.74, 6) is -5.42. The Morgan fingerprint density at radius 1 is 1.00 bits per heavy atom. The summed E-state index contributed by atoms with van der Waals surface area (Å²) in [4.78, 5) is 0. The summed E-state index contributed by atoms with van der Waals surface area (Å²) >= 11 is 0. The first-order valence-corrected chi connectivity index (χ1v) is 8.03. The molecule has 1 aliphatic rings. The third-order valence-electron chi connectivity index (χ3n) is 4.09. The Hall–Kier alpha value is -1.52. The molecule has 0 atom stereocenters. The van der Waals surface area contributed by atoms with Gasteiger partial charge in [-0.25, -0.2) is 13.2 Å². The van der Waals surface area contributed by atoms with Crippen molar-refractivity contribution in [2.75, 3.05) is 7.11 Å². The van der Waals surface area contributed by atoms with E-state index in [1.165, 1.54) is 7.11 Å². The van der Waals surface area contributed by atoms with Crippen LogP contribution in [0.5, 0.6) is 5.75 Å². The van der Waals surface area contributed by atoms with Crippen LogP contribution in [-0.4, -0.2) is 7.11 Å². The van der Waals surface area contributed by atoms with Crippen molar-refractivity contribution < 1.29 is 22.3 Å². The number of benzene rings is 1. The number of allylic oxidation sites excluding steroid dienone is 1. The summed E-state index contributed by atoms with van der Waals surface area (Å²) < 4.78 is 60.3. The molecule has 1 aromatic carbocycles. The van der Waals surface area contributed by atoms with E-state index in [-0.39, 0.29) is 5.75 Å². The molecule has 0 aliphatic heterocycles. The van der Waals surface area contributed by atoms with Crippen LogP contribution in [0.4, 0.5) is 17.6 Å². The van der Waals surface area contributed by atoms with Gasteiger partial charge in [-0.05, 0) is 30.9 Å². The third-order valence-corrected chi connectivity index (χ3v) is 4.09. The number of halogens is 4. The lowest BCUT2D eigenvalue weighted by Gasteiger charge is -2.25. The van der Waals surface area contributed by atoms with E-state index >= 15 is 0 Å². The van der Waals surface area contributed by atoms with Gasteiger partial charge in [-0.3, -0.25) is 0 Å². The van der Waals surface area contributed by atoms with Crippen LogP contribution in [0.2, 0.25) is 0 Å². The minimum Gasteiger partial charge on any atom is -0.494 e. The number of methoxy groups -OCH3 is 1. The largest absolute Gasteiger partial charge is 0.494 e. The molecule has 1 nitrogen and oxygen atoms in total. The molecule has 5 heteroatoms. The van der Waals surface area contributed by atoms with Gasteiger partial charge in [-0.2, -0.15) is 4.39 Å². The first-order valence-electron chi connectivity index (χ1n) is 8.03. The SMILES string of the molecule is CC.COc1ccc(/C(F)=C(\F)C2CCC(C)CC2)c(F)c1F. The Bertz CT molecular complexity index is 546. The van der Waals surface area contributed by atoms with Gasteiger partial charge < -0.3 is 4.74 Å². The average Bonchev–Trinajstić information content (AvgIpc) is 2.58. The van der Waals surface area contributed by atoms with E-state index in [0.29, 0.717) is 18.8 Å². The second kappa shape index (κ2) is 8.94. The maximum Gasteiger partial charge on any atom is 0.201 e. The van der Waals surface area contributed by atoms with E-state index in [1.54, 1.807) is 0 Å². The highest BCUT2D eigenvalue weighted by Gasteiger charge is 2.27. The Morgan fingerprint density at radius 2 is 1.57 bits per heavy atom. The summed E-state index contributed by atoms with van der Waals surface area (Å²) in [5, 5.41) is 0. The summed E-state index contributed by atoms with van der Waals surface area (Å²) in [6.07, 6.45) is 2.68. The van der Waals surface area contributed by atoms with E-state index in [1.807, 2.05) is 13.8 Å². The smallest absolute Gasteiger partial charge is 0.201 e. The van der Waals surface area contributed by atoms with Gasteiger partial charge in [0.05, 0.1) is 12.7 Å². The molecule has 0 saturated heterocycles. The number of ether oxygens (including phenoxy) is 1. The summed E-state index contributed by atoms with van der Waals surface area (Å²) in [5.41, 5.74) is -0.690. The third kappa shape index (κ3) is 4.49. The molecule has 0 spiro atoms. The molecule has 23 heavy (non-hydrogen) atoms. The lowest BCUT2D eigenvalue weighted by molar-refractivity contribution is 0.286. The molecule has 0 amide bonds. The van der Waals surface area contributed by atoms with Crippen LogP contribution in [-0.2, 0) is 0 Å². The molecule has 2 rings (SSSR count). The number of hydrogen-bond acceptors (Lipinski definition) is 1. The molecule has 0 heterocycles. The Balaban J connectivity index is 0.00000127. The molecule has 0 aromatic heterocycles. The molecule has 1 aliphatic carbocycles. The number of rotatable bonds is 3. The van der Waals surface area contributed by atoms with Gasteiger partial charge in [0, 0.05) is 5.92 Å². The fraction of sp³-hybridized carbons (Fsp3) is 0.556. The van der Waals surface area contributed by atoms with Crippen LogP contribution in [0.3, 0.4) is 0 Å². The van der Waals surface area contributed by atoms with E-state index in [0.717, 1.165) is 25.0 Å². The van der Waals surface area contributed by atoms with Crippen LogP contribution in [0, 0.1) is 23.5 Å². The van der Waals surface area contributed by atoms with Crippen LogP contribution in [0.15, 0.2) is 18.0 Å². The Kier molecular flexibility index (Phi) is 7.59. The van der Waals surface area contributed by atoms with Crippen molar-refractivity contribution in [1.29, 1.82) is 0 Å². The highest BCUT2D eigenvalue weighted by Crippen LogP contribution is 2.38. The van der Waals surface area contributed by atoms with Gasteiger partial charge in [0.2, 0.25) is 5.82 Å². The minimum absolute atomic E-state index is 0.337. The predicted molar refractivity (Wildman–Crippen MR) is 84.5 cm³/mol. The molecular weight excluding hydrogens is 308 g/mol. The predicted octanol–water partition coefficient (Wildman–Crippen LogP) is 6.43. The van der Waals surface area contributed by atoms with Gasteiger partial charge in [0.15, 0.2) is 17.4 Å². The zero-order valence-electron chi connectivity index (χ0n) is 14.1. The van der Waals surface area contributed by atoms with Crippen LogP contribution in [0.25, 0.3) is 5.83 Å². The quantitative estimate of drug-likeness (QED) is 0.579. The Labute approximate surface area is 135 Å². The maximum atomic E-state index is 14.2. The zero-order chi connectivity index (χ0) is 17.6. The van der Waals surface area contributed by atoms with Crippen molar-refractivity contribution in [2.24, 2.45) is 11.8 Å². The van der Waals surface area contributed by atoms with E-state index in [4.69, 9.17) is 0 Å². The van der Waals surface area contributed by atoms with Crippen LogP contribution in [0.1, 0.15) is 52.0 Å². The molecule has 0 N–H and O–H groups in total. The molecule has 1 aromatic rings.